The molecule has 2 N–H and O–H groups in total. The Morgan fingerprint density at radius 3 is 2.57 bits per heavy atom. The number of hydrogen-bond donors (Lipinski definition) is 2. The maximum absolute atomic E-state index is 11.5. The number of nitrogens with one attached hydrogen (secondary N) is 2. The third-order valence-corrected chi connectivity index (χ3v) is 4.26. The lowest BCUT2D eigenvalue weighted by Gasteiger charge is -2.07. The topological polar surface area (TPSA) is 119 Å². The fourth-order valence-corrected chi connectivity index (χ4v) is 2.91. The third kappa shape index (κ3) is 4.67. The van der Waals surface area contributed by atoms with Crippen molar-refractivity contribution in [1.82, 2.24) is 14.5 Å². The molecule has 0 atom stereocenters. The fraction of sp³-hybridized carbons (Fsp3) is 0.727. The van der Waals surface area contributed by atoms with Gasteiger partial charge >= 0.3 is 5.69 Å². The van der Waals surface area contributed by atoms with E-state index < -0.39 is 14.9 Å². The first kappa shape index (κ1) is 17.4. The number of rotatable bonds is 9. The molecule has 1 heterocycles. The summed E-state index contributed by atoms with van der Waals surface area (Å²) in [7, 11) is -1.77. The Balaban J connectivity index is 2.86. The van der Waals surface area contributed by atoms with Gasteiger partial charge in [-0.3, -0.25) is 10.1 Å². The predicted molar refractivity (Wildman–Crippen MR) is 79.8 cm³/mol. The number of sulfonamides is 1. The maximum Gasteiger partial charge on any atom is 0.333 e. The van der Waals surface area contributed by atoms with Gasteiger partial charge in [0.25, 0.3) is 0 Å². The molecule has 0 amide bonds. The van der Waals surface area contributed by atoms with E-state index in [0.717, 1.165) is 6.42 Å². The minimum absolute atomic E-state index is 0.0707. The van der Waals surface area contributed by atoms with Gasteiger partial charge in [0.2, 0.25) is 15.8 Å². The van der Waals surface area contributed by atoms with Crippen LogP contribution in [0.5, 0.6) is 0 Å². The molecular formula is C11H21N5O4S. The summed E-state index contributed by atoms with van der Waals surface area (Å²) in [5.41, 5.74) is 0.322. The van der Waals surface area contributed by atoms with Gasteiger partial charge in [0.15, 0.2) is 0 Å². The van der Waals surface area contributed by atoms with Crippen LogP contribution in [0, 0.1) is 10.1 Å². The van der Waals surface area contributed by atoms with E-state index in [9.17, 15) is 18.5 Å². The van der Waals surface area contributed by atoms with Crippen molar-refractivity contribution in [3.8, 4) is 0 Å². The first-order valence-electron chi connectivity index (χ1n) is 6.73. The quantitative estimate of drug-likeness (QED) is 0.509. The lowest BCUT2D eigenvalue weighted by molar-refractivity contribution is -0.384. The van der Waals surface area contributed by atoms with E-state index in [1.807, 2.05) is 6.92 Å². The normalized spacial score (nSPS) is 11.6. The van der Waals surface area contributed by atoms with Gasteiger partial charge in [-0.15, -0.1) is 0 Å². The first-order valence-corrected chi connectivity index (χ1v) is 8.39. The average molecular weight is 319 g/mol. The molecule has 0 saturated carbocycles. The van der Waals surface area contributed by atoms with Gasteiger partial charge < -0.3 is 5.32 Å². The standard InChI is InChI=1S/C11H21N5O4S/c1-4-6-9-10(16(17)18)11(15(3)14-9)12-7-8-21(19,20)13-5-2/h12-13H,4-8H2,1-3H3. The van der Waals surface area contributed by atoms with Crippen molar-refractivity contribution >= 4 is 21.5 Å². The first-order chi connectivity index (χ1) is 9.82. The largest absolute Gasteiger partial charge is 0.363 e. The molecule has 0 fully saturated rings. The monoisotopic (exact) mass is 319 g/mol. The van der Waals surface area contributed by atoms with Crippen LogP contribution in [0.1, 0.15) is 26.0 Å². The van der Waals surface area contributed by atoms with Crippen LogP contribution in [0.15, 0.2) is 0 Å². The minimum Gasteiger partial charge on any atom is -0.363 e. The molecule has 0 spiro atoms. The number of hydrogen-bond acceptors (Lipinski definition) is 6. The molecule has 1 aromatic heterocycles. The highest BCUT2D eigenvalue weighted by Crippen LogP contribution is 2.28. The van der Waals surface area contributed by atoms with Gasteiger partial charge in [-0.2, -0.15) is 5.10 Å². The molecule has 0 aliphatic rings. The highest BCUT2D eigenvalue weighted by molar-refractivity contribution is 7.89. The minimum atomic E-state index is -3.36. The molecule has 21 heavy (non-hydrogen) atoms. The Kier molecular flexibility index (Phi) is 6.09. The molecule has 0 aromatic carbocycles. The second-order valence-electron chi connectivity index (χ2n) is 4.52. The molecule has 1 rings (SSSR count). The molecule has 0 bridgehead atoms. The Bertz CT molecular complexity index is 596. The maximum atomic E-state index is 11.5. The number of aryl methyl sites for hydroxylation is 2. The van der Waals surface area contributed by atoms with E-state index >= 15 is 0 Å². The van der Waals surface area contributed by atoms with Gasteiger partial charge in [-0.1, -0.05) is 20.3 Å². The van der Waals surface area contributed by atoms with Crippen LogP contribution in [0.3, 0.4) is 0 Å². The van der Waals surface area contributed by atoms with Gasteiger partial charge in [-0.05, 0) is 6.42 Å². The van der Waals surface area contributed by atoms with Crippen LogP contribution < -0.4 is 10.0 Å². The molecule has 9 nitrogen and oxygen atoms in total. The number of nitrogens with zero attached hydrogens (tertiary/aromatic N) is 3. The van der Waals surface area contributed by atoms with Crippen molar-refractivity contribution in [2.45, 2.75) is 26.7 Å². The van der Waals surface area contributed by atoms with Crippen molar-refractivity contribution in [3.63, 3.8) is 0 Å². The van der Waals surface area contributed by atoms with Gasteiger partial charge in [-0.25, -0.2) is 17.8 Å². The Hall–Kier alpha value is -1.68. The summed E-state index contributed by atoms with van der Waals surface area (Å²) in [6.07, 6.45) is 1.24. The Morgan fingerprint density at radius 2 is 2.05 bits per heavy atom. The van der Waals surface area contributed by atoms with Gasteiger partial charge in [0, 0.05) is 20.1 Å². The molecule has 0 aliphatic carbocycles. The number of anilines is 1. The third-order valence-electron chi connectivity index (χ3n) is 2.79. The second kappa shape index (κ2) is 7.36. The summed E-state index contributed by atoms with van der Waals surface area (Å²) in [6.45, 7) is 3.98. The van der Waals surface area contributed by atoms with Crippen molar-refractivity contribution in [2.24, 2.45) is 7.05 Å². The molecular weight excluding hydrogens is 298 g/mol. The number of aromatic nitrogens is 2. The zero-order chi connectivity index (χ0) is 16.0. The average Bonchev–Trinajstić information content (AvgIpc) is 2.66. The summed E-state index contributed by atoms with van der Waals surface area (Å²) in [5, 5.41) is 18.1. The highest BCUT2D eigenvalue weighted by Gasteiger charge is 2.26. The van der Waals surface area contributed by atoms with Crippen molar-refractivity contribution in [3.05, 3.63) is 15.8 Å². The second-order valence-corrected chi connectivity index (χ2v) is 6.44. The van der Waals surface area contributed by atoms with E-state index in [0.29, 0.717) is 18.7 Å². The molecule has 0 saturated heterocycles. The summed E-state index contributed by atoms with van der Waals surface area (Å²) >= 11 is 0. The molecule has 1 aromatic rings. The van der Waals surface area contributed by atoms with Gasteiger partial charge in [0.1, 0.15) is 5.69 Å². The fourth-order valence-electron chi connectivity index (χ4n) is 1.96. The lowest BCUT2D eigenvalue weighted by atomic mass is 10.2. The molecule has 0 radical (unpaired) electrons. The van der Waals surface area contributed by atoms with Crippen LogP contribution in [0.25, 0.3) is 0 Å². The smallest absolute Gasteiger partial charge is 0.333 e. The van der Waals surface area contributed by atoms with Crippen molar-refractivity contribution < 1.29 is 13.3 Å². The molecule has 10 heteroatoms. The van der Waals surface area contributed by atoms with Crippen LogP contribution in [-0.4, -0.2) is 42.0 Å². The summed E-state index contributed by atoms with van der Waals surface area (Å²) in [6, 6.07) is 0. The summed E-state index contributed by atoms with van der Waals surface area (Å²) < 4.78 is 26.8. The van der Waals surface area contributed by atoms with Crippen LogP contribution in [0.4, 0.5) is 11.5 Å². The molecule has 0 aliphatic heterocycles. The van der Waals surface area contributed by atoms with E-state index in [1.165, 1.54) is 4.68 Å². The van der Waals surface area contributed by atoms with Crippen LogP contribution in [0.2, 0.25) is 0 Å². The SMILES string of the molecule is CCCc1nn(C)c(NCCS(=O)(=O)NCC)c1[N+](=O)[O-]. The molecule has 0 unspecified atom stereocenters. The summed E-state index contributed by atoms with van der Waals surface area (Å²) in [5.74, 6) is 0.0712. The van der Waals surface area contributed by atoms with E-state index in [1.54, 1.807) is 14.0 Å². The molecule has 120 valence electrons. The predicted octanol–water partition coefficient (Wildman–Crippen LogP) is 0.632. The lowest BCUT2D eigenvalue weighted by Crippen LogP contribution is -2.29. The van der Waals surface area contributed by atoms with Crippen molar-refractivity contribution in [2.75, 3.05) is 24.2 Å². The van der Waals surface area contributed by atoms with Crippen LogP contribution in [-0.2, 0) is 23.5 Å². The van der Waals surface area contributed by atoms with Crippen LogP contribution >= 0.6 is 0 Å². The Labute approximate surface area is 123 Å². The summed E-state index contributed by atoms with van der Waals surface area (Å²) in [4.78, 5) is 10.7. The van der Waals surface area contributed by atoms with Gasteiger partial charge in [0.05, 0.1) is 10.7 Å². The Morgan fingerprint density at radius 1 is 1.38 bits per heavy atom. The zero-order valence-electron chi connectivity index (χ0n) is 12.4. The van der Waals surface area contributed by atoms with E-state index in [2.05, 4.69) is 15.1 Å². The number of nitro groups is 1. The zero-order valence-corrected chi connectivity index (χ0v) is 13.2. The van der Waals surface area contributed by atoms with E-state index in [-0.39, 0.29) is 23.8 Å². The van der Waals surface area contributed by atoms with E-state index in [4.69, 9.17) is 0 Å². The highest BCUT2D eigenvalue weighted by atomic mass is 32.2. The van der Waals surface area contributed by atoms with Crippen molar-refractivity contribution in [1.29, 1.82) is 0 Å².